The Labute approximate surface area is 145 Å². The summed E-state index contributed by atoms with van der Waals surface area (Å²) < 4.78 is 5.29. The highest BCUT2D eigenvalue weighted by molar-refractivity contribution is 6.30. The molecule has 0 aliphatic heterocycles. The Balaban J connectivity index is 1.62. The quantitative estimate of drug-likeness (QED) is 0.741. The molecule has 6 heteroatoms. The van der Waals surface area contributed by atoms with Crippen molar-refractivity contribution in [1.82, 2.24) is 15.0 Å². The van der Waals surface area contributed by atoms with Crippen molar-refractivity contribution in [3.8, 4) is 11.4 Å². The topological polar surface area (TPSA) is 62.4 Å². The molecule has 0 saturated carbocycles. The van der Waals surface area contributed by atoms with Crippen LogP contribution in [0.25, 0.3) is 11.4 Å². The van der Waals surface area contributed by atoms with E-state index in [2.05, 4.69) is 10.1 Å². The Morgan fingerprint density at radius 3 is 2.71 bits per heavy atom. The van der Waals surface area contributed by atoms with E-state index in [1.54, 1.807) is 12.1 Å². The van der Waals surface area contributed by atoms with Crippen LogP contribution in [-0.2, 0) is 6.54 Å². The fraction of sp³-hybridized carbons (Fsp3) is 0.222. The summed E-state index contributed by atoms with van der Waals surface area (Å²) in [6.45, 7) is 0.927. The summed E-state index contributed by atoms with van der Waals surface area (Å²) in [6.07, 6.45) is -0.563. The van der Waals surface area contributed by atoms with Gasteiger partial charge in [-0.05, 0) is 24.7 Å². The Morgan fingerprint density at radius 2 is 1.96 bits per heavy atom. The van der Waals surface area contributed by atoms with Crippen LogP contribution >= 0.6 is 11.6 Å². The molecule has 0 radical (unpaired) electrons. The number of hydrogen-bond acceptors (Lipinski definition) is 5. The van der Waals surface area contributed by atoms with E-state index in [1.165, 1.54) is 0 Å². The zero-order valence-electron chi connectivity index (χ0n) is 13.3. The number of hydrogen-bond donors (Lipinski definition) is 1. The minimum atomic E-state index is -0.563. The average molecular weight is 344 g/mol. The molecular weight excluding hydrogens is 326 g/mol. The third kappa shape index (κ3) is 4.20. The highest BCUT2D eigenvalue weighted by atomic mass is 35.5. The lowest BCUT2D eigenvalue weighted by Crippen LogP contribution is -2.24. The van der Waals surface area contributed by atoms with E-state index < -0.39 is 6.10 Å². The SMILES string of the molecule is CN(Cc1nc(-c2cccc(Cl)c2)no1)C[C@@H](O)c1ccccc1. The molecule has 0 amide bonds. The van der Waals surface area contributed by atoms with Crippen molar-refractivity contribution in [3.63, 3.8) is 0 Å². The van der Waals surface area contributed by atoms with Crippen molar-refractivity contribution in [1.29, 1.82) is 0 Å². The number of rotatable bonds is 6. The van der Waals surface area contributed by atoms with Crippen LogP contribution in [0.3, 0.4) is 0 Å². The predicted octanol–water partition coefficient (Wildman–Crippen LogP) is 3.56. The van der Waals surface area contributed by atoms with E-state index >= 15 is 0 Å². The molecular formula is C18H18ClN3O2. The summed E-state index contributed by atoms with van der Waals surface area (Å²) in [6, 6.07) is 16.9. The molecule has 1 aromatic heterocycles. The maximum atomic E-state index is 10.3. The number of likely N-dealkylation sites (N-methyl/N-ethyl adjacent to an activating group) is 1. The van der Waals surface area contributed by atoms with Crippen LogP contribution in [0.5, 0.6) is 0 Å². The van der Waals surface area contributed by atoms with Crippen LogP contribution < -0.4 is 0 Å². The second-order valence-electron chi connectivity index (χ2n) is 5.65. The first-order chi connectivity index (χ1) is 11.6. The van der Waals surface area contributed by atoms with Crippen LogP contribution in [0.4, 0.5) is 0 Å². The summed E-state index contributed by atoms with van der Waals surface area (Å²) in [5.74, 6) is 0.997. The second-order valence-corrected chi connectivity index (χ2v) is 6.08. The number of aliphatic hydroxyl groups excluding tert-OH is 1. The van der Waals surface area contributed by atoms with Gasteiger partial charge in [-0.25, -0.2) is 0 Å². The van der Waals surface area contributed by atoms with E-state index in [-0.39, 0.29) is 0 Å². The maximum absolute atomic E-state index is 10.3. The Hall–Kier alpha value is -2.21. The first kappa shape index (κ1) is 16.6. The number of nitrogens with zero attached hydrogens (tertiary/aromatic N) is 3. The van der Waals surface area contributed by atoms with Gasteiger partial charge in [-0.15, -0.1) is 0 Å². The molecule has 1 heterocycles. The van der Waals surface area contributed by atoms with Gasteiger partial charge in [0.15, 0.2) is 0 Å². The molecule has 0 spiro atoms. The van der Waals surface area contributed by atoms with Gasteiger partial charge in [0.1, 0.15) is 0 Å². The molecule has 5 nitrogen and oxygen atoms in total. The van der Waals surface area contributed by atoms with Crippen LogP contribution in [0.1, 0.15) is 17.6 Å². The monoisotopic (exact) mass is 343 g/mol. The molecule has 0 saturated heterocycles. The van der Waals surface area contributed by atoms with E-state index in [9.17, 15) is 5.11 Å². The molecule has 0 fully saturated rings. The Bertz CT molecular complexity index is 792. The van der Waals surface area contributed by atoms with Gasteiger partial charge in [0.25, 0.3) is 0 Å². The van der Waals surface area contributed by atoms with Gasteiger partial charge in [0.05, 0.1) is 12.6 Å². The first-order valence-corrected chi connectivity index (χ1v) is 7.99. The molecule has 0 aliphatic rings. The molecule has 0 aliphatic carbocycles. The summed E-state index contributed by atoms with van der Waals surface area (Å²) in [4.78, 5) is 6.32. The van der Waals surface area contributed by atoms with E-state index in [4.69, 9.17) is 16.1 Å². The molecule has 24 heavy (non-hydrogen) atoms. The number of aromatic nitrogens is 2. The van der Waals surface area contributed by atoms with Crippen LogP contribution in [-0.4, -0.2) is 33.7 Å². The normalized spacial score (nSPS) is 12.5. The van der Waals surface area contributed by atoms with Gasteiger partial charge in [-0.3, -0.25) is 4.90 Å². The summed E-state index contributed by atoms with van der Waals surface area (Å²) >= 11 is 5.98. The third-order valence-electron chi connectivity index (χ3n) is 3.63. The highest BCUT2D eigenvalue weighted by Crippen LogP contribution is 2.20. The smallest absolute Gasteiger partial charge is 0.241 e. The molecule has 1 N–H and O–H groups in total. The molecule has 0 unspecified atom stereocenters. The number of benzene rings is 2. The molecule has 2 aromatic carbocycles. The fourth-order valence-corrected chi connectivity index (χ4v) is 2.63. The van der Waals surface area contributed by atoms with Crippen LogP contribution in [0.2, 0.25) is 5.02 Å². The number of aliphatic hydroxyl groups is 1. The predicted molar refractivity (Wildman–Crippen MR) is 92.5 cm³/mol. The second kappa shape index (κ2) is 7.57. The molecule has 3 aromatic rings. The summed E-state index contributed by atoms with van der Waals surface area (Å²) in [5, 5.41) is 14.9. The molecule has 1 atom stereocenters. The Morgan fingerprint density at radius 1 is 1.17 bits per heavy atom. The van der Waals surface area contributed by atoms with E-state index in [0.29, 0.717) is 29.8 Å². The van der Waals surface area contributed by atoms with Gasteiger partial charge in [-0.2, -0.15) is 4.98 Å². The van der Waals surface area contributed by atoms with E-state index in [0.717, 1.165) is 11.1 Å². The zero-order valence-corrected chi connectivity index (χ0v) is 14.0. The minimum Gasteiger partial charge on any atom is -0.387 e. The van der Waals surface area contributed by atoms with Gasteiger partial charge in [0.2, 0.25) is 11.7 Å². The van der Waals surface area contributed by atoms with Crippen molar-refractivity contribution < 1.29 is 9.63 Å². The van der Waals surface area contributed by atoms with Crippen molar-refractivity contribution in [2.24, 2.45) is 0 Å². The molecule has 0 bridgehead atoms. The van der Waals surface area contributed by atoms with E-state index in [1.807, 2.05) is 54.4 Å². The fourth-order valence-electron chi connectivity index (χ4n) is 2.44. The Kier molecular flexibility index (Phi) is 5.25. The average Bonchev–Trinajstić information content (AvgIpc) is 3.04. The van der Waals surface area contributed by atoms with Crippen molar-refractivity contribution in [2.45, 2.75) is 12.6 Å². The molecule has 3 rings (SSSR count). The van der Waals surface area contributed by atoms with Crippen LogP contribution in [0.15, 0.2) is 59.1 Å². The molecule has 124 valence electrons. The highest BCUT2D eigenvalue weighted by Gasteiger charge is 2.14. The van der Waals surface area contributed by atoms with Crippen molar-refractivity contribution in [3.05, 3.63) is 71.1 Å². The summed E-state index contributed by atoms with van der Waals surface area (Å²) in [7, 11) is 1.90. The van der Waals surface area contributed by atoms with Crippen LogP contribution in [0, 0.1) is 0 Å². The lowest BCUT2D eigenvalue weighted by molar-refractivity contribution is 0.118. The first-order valence-electron chi connectivity index (χ1n) is 7.62. The van der Waals surface area contributed by atoms with Gasteiger partial charge in [0, 0.05) is 17.1 Å². The summed E-state index contributed by atoms with van der Waals surface area (Å²) in [5.41, 5.74) is 1.69. The zero-order chi connectivity index (χ0) is 16.9. The van der Waals surface area contributed by atoms with Gasteiger partial charge in [-0.1, -0.05) is 59.2 Å². The van der Waals surface area contributed by atoms with Gasteiger partial charge >= 0.3 is 0 Å². The third-order valence-corrected chi connectivity index (χ3v) is 3.86. The lowest BCUT2D eigenvalue weighted by Gasteiger charge is -2.19. The minimum absolute atomic E-state index is 0.456. The maximum Gasteiger partial charge on any atom is 0.241 e. The lowest BCUT2D eigenvalue weighted by atomic mass is 10.1. The van der Waals surface area contributed by atoms with Gasteiger partial charge < -0.3 is 9.63 Å². The van der Waals surface area contributed by atoms with Crippen molar-refractivity contribution in [2.75, 3.05) is 13.6 Å². The standard InChI is InChI=1S/C18H18ClN3O2/c1-22(11-16(23)13-6-3-2-4-7-13)12-17-20-18(21-24-17)14-8-5-9-15(19)10-14/h2-10,16,23H,11-12H2,1H3/t16-/m1/s1. The van der Waals surface area contributed by atoms with Crippen molar-refractivity contribution >= 4 is 11.6 Å². The number of halogens is 1. The largest absolute Gasteiger partial charge is 0.387 e.